The lowest BCUT2D eigenvalue weighted by Crippen LogP contribution is -2.34. The molecule has 1 amide bonds. The molecule has 31 heavy (non-hydrogen) atoms. The number of amides is 1. The minimum Gasteiger partial charge on any atom is -0.471 e. The van der Waals surface area contributed by atoms with E-state index in [1.807, 2.05) is 6.07 Å². The normalized spacial score (nSPS) is 18.4. The van der Waals surface area contributed by atoms with E-state index in [0.717, 1.165) is 6.42 Å². The lowest BCUT2D eigenvalue weighted by Gasteiger charge is -2.20. The number of nitrogens with zero attached hydrogens (tertiary/aromatic N) is 3. The SMILES string of the molecule is CC(C)(O)CONC(=O)c1c(N)nc(-c2cccc(C#N)c2)nc1O[C@@H]1CCC[C@H]1O. The Morgan fingerprint density at radius 3 is 2.81 bits per heavy atom. The lowest BCUT2D eigenvalue weighted by molar-refractivity contribution is -0.0523. The van der Waals surface area contributed by atoms with Gasteiger partial charge in [0.05, 0.1) is 23.3 Å². The summed E-state index contributed by atoms with van der Waals surface area (Å²) in [5, 5.41) is 29.0. The van der Waals surface area contributed by atoms with Crippen LogP contribution in [0.4, 0.5) is 5.82 Å². The molecule has 1 aliphatic carbocycles. The number of anilines is 1. The highest BCUT2D eigenvalue weighted by molar-refractivity contribution is 6.00. The van der Waals surface area contributed by atoms with Crippen molar-refractivity contribution in [3.8, 4) is 23.3 Å². The predicted molar refractivity (Wildman–Crippen MR) is 111 cm³/mol. The highest BCUT2D eigenvalue weighted by atomic mass is 16.7. The lowest BCUT2D eigenvalue weighted by atomic mass is 10.1. The Kier molecular flexibility index (Phi) is 6.70. The summed E-state index contributed by atoms with van der Waals surface area (Å²) in [5.41, 5.74) is 7.91. The van der Waals surface area contributed by atoms with Crippen molar-refractivity contribution < 1.29 is 24.6 Å². The fourth-order valence-electron chi connectivity index (χ4n) is 3.13. The highest BCUT2D eigenvalue weighted by Crippen LogP contribution is 2.30. The van der Waals surface area contributed by atoms with E-state index in [1.54, 1.807) is 24.3 Å². The molecule has 0 saturated heterocycles. The average Bonchev–Trinajstić information content (AvgIpc) is 3.11. The number of nitrogen functional groups attached to an aromatic ring is 1. The van der Waals surface area contributed by atoms with Crippen LogP contribution in [-0.4, -0.2) is 50.5 Å². The number of carbonyl (C=O) groups excluding carboxylic acids is 1. The number of hydroxylamine groups is 1. The Bertz CT molecular complexity index is 999. The van der Waals surface area contributed by atoms with Gasteiger partial charge in [-0.1, -0.05) is 12.1 Å². The maximum atomic E-state index is 12.7. The summed E-state index contributed by atoms with van der Waals surface area (Å²) in [5.74, 6) is -0.827. The van der Waals surface area contributed by atoms with Gasteiger partial charge in [-0.05, 0) is 45.2 Å². The maximum absolute atomic E-state index is 12.7. The Hall–Kier alpha value is -3.26. The van der Waals surface area contributed by atoms with Crippen LogP contribution < -0.4 is 16.0 Å². The maximum Gasteiger partial charge on any atom is 0.284 e. The van der Waals surface area contributed by atoms with Crippen molar-refractivity contribution in [1.82, 2.24) is 15.4 Å². The first-order chi connectivity index (χ1) is 14.7. The summed E-state index contributed by atoms with van der Waals surface area (Å²) in [4.78, 5) is 26.3. The van der Waals surface area contributed by atoms with Gasteiger partial charge in [0.2, 0.25) is 5.88 Å². The molecule has 1 aromatic carbocycles. The van der Waals surface area contributed by atoms with Gasteiger partial charge in [-0.15, -0.1) is 0 Å². The first kappa shape index (κ1) is 22.4. The van der Waals surface area contributed by atoms with E-state index in [1.165, 1.54) is 13.8 Å². The molecule has 1 aromatic heterocycles. The molecule has 1 heterocycles. The molecule has 1 saturated carbocycles. The number of rotatable bonds is 7. The van der Waals surface area contributed by atoms with E-state index in [2.05, 4.69) is 15.4 Å². The number of aliphatic hydroxyl groups is 2. The quantitative estimate of drug-likeness (QED) is 0.477. The van der Waals surface area contributed by atoms with Crippen LogP contribution in [0.3, 0.4) is 0 Å². The molecule has 0 radical (unpaired) electrons. The molecule has 0 aliphatic heterocycles. The first-order valence-electron chi connectivity index (χ1n) is 9.85. The topological polar surface area (TPSA) is 164 Å². The third-order valence-electron chi connectivity index (χ3n) is 4.65. The standard InChI is InChI=1S/C21H25N5O5/c1-21(2,29)11-30-26-19(28)16-17(23)24-18(13-6-3-5-12(9-13)10-22)25-20(16)31-15-8-4-7-14(15)27/h3,5-6,9,14-15,27,29H,4,7-8,11H2,1-2H3,(H,26,28)(H2,23,24,25)/t14-,15-/m1/s1. The van der Waals surface area contributed by atoms with Crippen molar-refractivity contribution in [1.29, 1.82) is 5.26 Å². The Morgan fingerprint density at radius 2 is 2.16 bits per heavy atom. The minimum atomic E-state index is -1.15. The second-order valence-electron chi connectivity index (χ2n) is 7.99. The summed E-state index contributed by atoms with van der Waals surface area (Å²) in [6.07, 6.45) is 0.721. The third kappa shape index (κ3) is 5.67. The second-order valence-corrected chi connectivity index (χ2v) is 7.99. The number of ether oxygens (including phenoxy) is 1. The summed E-state index contributed by atoms with van der Waals surface area (Å²) < 4.78 is 5.87. The van der Waals surface area contributed by atoms with Gasteiger partial charge in [-0.3, -0.25) is 9.63 Å². The van der Waals surface area contributed by atoms with E-state index in [9.17, 15) is 15.0 Å². The molecule has 0 bridgehead atoms. The van der Waals surface area contributed by atoms with Crippen LogP contribution in [-0.2, 0) is 4.84 Å². The number of nitrogens with two attached hydrogens (primary N) is 1. The van der Waals surface area contributed by atoms with Crippen LogP contribution in [0.2, 0.25) is 0 Å². The summed E-state index contributed by atoms with van der Waals surface area (Å²) in [7, 11) is 0. The van der Waals surface area contributed by atoms with Crippen LogP contribution in [0.5, 0.6) is 5.88 Å². The van der Waals surface area contributed by atoms with Gasteiger partial charge in [-0.2, -0.15) is 10.2 Å². The third-order valence-corrected chi connectivity index (χ3v) is 4.65. The smallest absolute Gasteiger partial charge is 0.284 e. The Balaban J connectivity index is 1.96. The van der Waals surface area contributed by atoms with Crippen molar-refractivity contribution >= 4 is 11.7 Å². The molecule has 1 fully saturated rings. The number of nitrogens with one attached hydrogen (secondary N) is 1. The molecule has 164 valence electrons. The molecule has 3 rings (SSSR count). The zero-order chi connectivity index (χ0) is 22.6. The van der Waals surface area contributed by atoms with E-state index in [0.29, 0.717) is 24.0 Å². The molecule has 2 atom stereocenters. The number of aromatic nitrogens is 2. The van der Waals surface area contributed by atoms with E-state index in [4.69, 9.17) is 20.6 Å². The van der Waals surface area contributed by atoms with Crippen LogP contribution >= 0.6 is 0 Å². The van der Waals surface area contributed by atoms with Gasteiger partial charge < -0.3 is 20.7 Å². The number of hydrogen-bond donors (Lipinski definition) is 4. The summed E-state index contributed by atoms with van der Waals surface area (Å²) >= 11 is 0. The van der Waals surface area contributed by atoms with Crippen LogP contribution in [0, 0.1) is 11.3 Å². The fourth-order valence-corrected chi connectivity index (χ4v) is 3.13. The van der Waals surface area contributed by atoms with Gasteiger partial charge in [-0.25, -0.2) is 10.5 Å². The molecule has 0 spiro atoms. The Labute approximate surface area is 179 Å². The molecule has 5 N–H and O–H groups in total. The van der Waals surface area contributed by atoms with Gasteiger partial charge >= 0.3 is 0 Å². The summed E-state index contributed by atoms with van der Waals surface area (Å²) in [6, 6.07) is 8.66. The number of benzene rings is 1. The van der Waals surface area contributed by atoms with Crippen molar-refractivity contribution in [2.75, 3.05) is 12.3 Å². The second kappa shape index (κ2) is 9.26. The zero-order valence-corrected chi connectivity index (χ0v) is 17.3. The Morgan fingerprint density at radius 1 is 1.39 bits per heavy atom. The van der Waals surface area contributed by atoms with Gasteiger partial charge in [0, 0.05) is 5.56 Å². The van der Waals surface area contributed by atoms with Crippen LogP contribution in [0.1, 0.15) is 49.0 Å². The molecular weight excluding hydrogens is 402 g/mol. The van der Waals surface area contributed by atoms with Gasteiger partial charge in [0.1, 0.15) is 24.1 Å². The molecule has 1 aliphatic rings. The monoisotopic (exact) mass is 427 g/mol. The van der Waals surface area contributed by atoms with Crippen LogP contribution in [0.15, 0.2) is 24.3 Å². The molecule has 10 nitrogen and oxygen atoms in total. The van der Waals surface area contributed by atoms with E-state index < -0.39 is 23.7 Å². The number of carbonyl (C=O) groups is 1. The van der Waals surface area contributed by atoms with Crippen LogP contribution in [0.25, 0.3) is 11.4 Å². The average molecular weight is 427 g/mol. The fraction of sp³-hybridized carbons (Fsp3) is 0.429. The molecular formula is C21H25N5O5. The molecule has 10 heteroatoms. The highest BCUT2D eigenvalue weighted by Gasteiger charge is 2.31. The van der Waals surface area contributed by atoms with Crippen molar-refractivity contribution in [2.24, 2.45) is 0 Å². The van der Waals surface area contributed by atoms with E-state index in [-0.39, 0.29) is 29.7 Å². The zero-order valence-electron chi connectivity index (χ0n) is 17.3. The number of aliphatic hydroxyl groups excluding tert-OH is 1. The predicted octanol–water partition coefficient (Wildman–Crippen LogP) is 1.32. The molecule has 2 aromatic rings. The minimum absolute atomic E-state index is 0.0971. The van der Waals surface area contributed by atoms with Crippen molar-refractivity contribution in [3.63, 3.8) is 0 Å². The van der Waals surface area contributed by atoms with Crippen molar-refractivity contribution in [2.45, 2.75) is 50.9 Å². The number of hydrogen-bond acceptors (Lipinski definition) is 9. The van der Waals surface area contributed by atoms with Crippen molar-refractivity contribution in [3.05, 3.63) is 35.4 Å². The largest absolute Gasteiger partial charge is 0.471 e. The van der Waals surface area contributed by atoms with Gasteiger partial charge in [0.15, 0.2) is 5.82 Å². The number of nitriles is 1. The first-order valence-corrected chi connectivity index (χ1v) is 9.85. The molecule has 0 unspecified atom stereocenters. The van der Waals surface area contributed by atoms with E-state index >= 15 is 0 Å². The van der Waals surface area contributed by atoms with Gasteiger partial charge in [0.25, 0.3) is 5.91 Å². The summed E-state index contributed by atoms with van der Waals surface area (Å²) in [6.45, 7) is 2.89.